The molecule has 2 heterocycles. The molecule has 5 heteroatoms. The van der Waals surface area contributed by atoms with Gasteiger partial charge in [0, 0.05) is 18.5 Å². The number of carbonyl (C=O) groups is 2. The number of pyridine rings is 1. The van der Waals surface area contributed by atoms with E-state index < -0.39 is 5.91 Å². The zero-order chi connectivity index (χ0) is 15.1. The van der Waals surface area contributed by atoms with Crippen LogP contribution in [0, 0.1) is 0 Å². The molecule has 1 aromatic carbocycles. The van der Waals surface area contributed by atoms with E-state index in [4.69, 9.17) is 0 Å². The van der Waals surface area contributed by atoms with E-state index in [0.717, 1.165) is 0 Å². The zero-order valence-corrected chi connectivity index (χ0v) is 12.0. The Kier molecular flexibility index (Phi) is 3.12. The summed E-state index contributed by atoms with van der Waals surface area (Å²) in [6.07, 6.45) is 0.672. The van der Waals surface area contributed by atoms with E-state index in [0.29, 0.717) is 30.4 Å². The van der Waals surface area contributed by atoms with Crippen LogP contribution < -0.4 is 5.43 Å². The minimum atomic E-state index is -0.463. The smallest absolute Gasteiger partial charge is 0.278 e. The van der Waals surface area contributed by atoms with Crippen LogP contribution in [0.2, 0.25) is 0 Å². The summed E-state index contributed by atoms with van der Waals surface area (Å²) in [6, 6.07) is 7.09. The SMILES string of the molecule is CCCN1C(=O)c2c(n(CC)c3ccccc3c2=O)C1=O. The summed E-state index contributed by atoms with van der Waals surface area (Å²) in [4.78, 5) is 38.7. The third-order valence-electron chi connectivity index (χ3n) is 3.84. The minimum Gasteiger partial charge on any atom is -0.336 e. The van der Waals surface area contributed by atoms with Gasteiger partial charge in [0.25, 0.3) is 11.8 Å². The first-order chi connectivity index (χ1) is 10.1. The van der Waals surface area contributed by atoms with Crippen molar-refractivity contribution in [3.63, 3.8) is 0 Å². The quantitative estimate of drug-likeness (QED) is 0.810. The molecule has 1 aliphatic rings. The number of benzene rings is 1. The number of para-hydroxylation sites is 1. The molecule has 1 aromatic heterocycles. The maximum absolute atomic E-state index is 12.6. The van der Waals surface area contributed by atoms with Gasteiger partial charge in [0.05, 0.1) is 5.52 Å². The Morgan fingerprint density at radius 1 is 1.00 bits per heavy atom. The van der Waals surface area contributed by atoms with Crippen LogP contribution in [0.3, 0.4) is 0 Å². The molecule has 5 nitrogen and oxygen atoms in total. The molecule has 0 unspecified atom stereocenters. The highest BCUT2D eigenvalue weighted by atomic mass is 16.2. The van der Waals surface area contributed by atoms with E-state index in [1.54, 1.807) is 22.8 Å². The molecule has 0 aliphatic carbocycles. The molecule has 0 fully saturated rings. The summed E-state index contributed by atoms with van der Waals surface area (Å²) in [5.41, 5.74) is 0.610. The molecule has 1 aliphatic heterocycles. The van der Waals surface area contributed by atoms with Gasteiger partial charge in [-0.1, -0.05) is 19.1 Å². The van der Waals surface area contributed by atoms with Crippen molar-refractivity contribution in [1.82, 2.24) is 9.47 Å². The van der Waals surface area contributed by atoms with Gasteiger partial charge in [-0.05, 0) is 25.5 Å². The summed E-state index contributed by atoms with van der Waals surface area (Å²) >= 11 is 0. The molecule has 2 aromatic rings. The highest BCUT2D eigenvalue weighted by Gasteiger charge is 2.40. The maximum Gasteiger partial charge on any atom is 0.278 e. The average Bonchev–Trinajstić information content (AvgIpc) is 2.74. The Morgan fingerprint density at radius 2 is 1.71 bits per heavy atom. The fraction of sp³-hybridized carbons (Fsp3) is 0.312. The van der Waals surface area contributed by atoms with E-state index >= 15 is 0 Å². The first-order valence-electron chi connectivity index (χ1n) is 7.13. The van der Waals surface area contributed by atoms with Crippen LogP contribution in [0.4, 0.5) is 0 Å². The number of fused-ring (bicyclic) bond motifs is 2. The van der Waals surface area contributed by atoms with Crippen LogP contribution in [0.1, 0.15) is 41.1 Å². The molecular weight excluding hydrogens is 268 g/mol. The topological polar surface area (TPSA) is 59.4 Å². The first-order valence-corrected chi connectivity index (χ1v) is 7.13. The van der Waals surface area contributed by atoms with Gasteiger partial charge in [0.2, 0.25) is 5.43 Å². The Bertz CT molecular complexity index is 820. The molecule has 0 spiro atoms. The lowest BCUT2D eigenvalue weighted by Crippen LogP contribution is -2.31. The van der Waals surface area contributed by atoms with E-state index in [1.807, 2.05) is 19.9 Å². The first kappa shape index (κ1) is 13.5. The van der Waals surface area contributed by atoms with Crippen LogP contribution in [0.5, 0.6) is 0 Å². The van der Waals surface area contributed by atoms with Gasteiger partial charge in [-0.3, -0.25) is 19.3 Å². The van der Waals surface area contributed by atoms with Gasteiger partial charge in [-0.15, -0.1) is 0 Å². The van der Waals surface area contributed by atoms with E-state index in [-0.39, 0.29) is 22.6 Å². The molecule has 2 amide bonds. The summed E-state index contributed by atoms with van der Waals surface area (Å²) in [7, 11) is 0. The van der Waals surface area contributed by atoms with Gasteiger partial charge < -0.3 is 4.57 Å². The normalized spacial score (nSPS) is 14.1. The zero-order valence-electron chi connectivity index (χ0n) is 12.0. The van der Waals surface area contributed by atoms with Crippen molar-refractivity contribution >= 4 is 22.7 Å². The van der Waals surface area contributed by atoms with Crippen LogP contribution in [-0.4, -0.2) is 27.8 Å². The second-order valence-corrected chi connectivity index (χ2v) is 5.08. The molecule has 0 atom stereocenters. The molecule has 3 rings (SSSR count). The lowest BCUT2D eigenvalue weighted by atomic mass is 10.1. The van der Waals surface area contributed by atoms with Crippen molar-refractivity contribution in [3.05, 3.63) is 45.7 Å². The number of nitrogens with zero attached hydrogens (tertiary/aromatic N) is 2. The number of rotatable bonds is 3. The van der Waals surface area contributed by atoms with Crippen molar-refractivity contribution < 1.29 is 9.59 Å². The molecular formula is C16H16N2O3. The Hall–Kier alpha value is -2.43. The van der Waals surface area contributed by atoms with Crippen molar-refractivity contribution in [1.29, 1.82) is 0 Å². The molecule has 108 valence electrons. The fourth-order valence-electron chi connectivity index (χ4n) is 2.93. The van der Waals surface area contributed by atoms with Gasteiger partial charge in [-0.25, -0.2) is 0 Å². The summed E-state index contributed by atoms with van der Waals surface area (Å²) in [5, 5.41) is 0.484. The number of carbonyl (C=O) groups excluding carboxylic acids is 2. The standard InChI is InChI=1S/C16H16N2O3/c1-3-9-18-15(20)12-13(16(18)21)17(4-2)11-8-6-5-7-10(11)14(12)19/h5-8H,3-4,9H2,1-2H3. The predicted molar refractivity (Wildman–Crippen MR) is 79.5 cm³/mol. The van der Waals surface area contributed by atoms with Gasteiger partial charge >= 0.3 is 0 Å². The maximum atomic E-state index is 12.6. The van der Waals surface area contributed by atoms with E-state index in [9.17, 15) is 14.4 Å². The molecule has 0 saturated heterocycles. The van der Waals surface area contributed by atoms with Crippen LogP contribution >= 0.6 is 0 Å². The number of aromatic nitrogens is 1. The van der Waals surface area contributed by atoms with Crippen molar-refractivity contribution in [3.8, 4) is 0 Å². The molecule has 21 heavy (non-hydrogen) atoms. The minimum absolute atomic E-state index is 0.0222. The number of aryl methyl sites for hydroxylation is 1. The summed E-state index contributed by atoms with van der Waals surface area (Å²) in [5.74, 6) is -0.823. The Balaban J connectivity index is 2.42. The van der Waals surface area contributed by atoms with Crippen LogP contribution in [-0.2, 0) is 6.54 Å². The highest BCUT2D eigenvalue weighted by Crippen LogP contribution is 2.24. The second kappa shape index (κ2) is 4.84. The van der Waals surface area contributed by atoms with Gasteiger partial charge in [0.1, 0.15) is 11.3 Å². The fourth-order valence-corrected chi connectivity index (χ4v) is 2.93. The third-order valence-corrected chi connectivity index (χ3v) is 3.84. The molecule has 0 saturated carbocycles. The van der Waals surface area contributed by atoms with E-state index in [2.05, 4.69) is 0 Å². The number of hydrogen-bond donors (Lipinski definition) is 0. The molecule has 0 bridgehead atoms. The van der Waals surface area contributed by atoms with Gasteiger partial charge in [0.15, 0.2) is 0 Å². The van der Waals surface area contributed by atoms with Crippen LogP contribution in [0.25, 0.3) is 10.9 Å². The third kappa shape index (κ3) is 1.73. The van der Waals surface area contributed by atoms with Crippen molar-refractivity contribution in [2.75, 3.05) is 6.54 Å². The summed E-state index contributed by atoms with van der Waals surface area (Å²) in [6.45, 7) is 4.66. The average molecular weight is 284 g/mol. The lowest BCUT2D eigenvalue weighted by molar-refractivity contribution is 0.0650. The summed E-state index contributed by atoms with van der Waals surface area (Å²) < 4.78 is 1.77. The number of imide groups is 1. The molecule has 0 radical (unpaired) electrons. The monoisotopic (exact) mass is 284 g/mol. The predicted octanol–water partition coefficient (Wildman–Crippen LogP) is 2.03. The number of amides is 2. The second-order valence-electron chi connectivity index (χ2n) is 5.08. The van der Waals surface area contributed by atoms with Crippen molar-refractivity contribution in [2.24, 2.45) is 0 Å². The van der Waals surface area contributed by atoms with Crippen molar-refractivity contribution in [2.45, 2.75) is 26.8 Å². The Morgan fingerprint density at radius 3 is 2.38 bits per heavy atom. The van der Waals surface area contributed by atoms with Crippen LogP contribution in [0.15, 0.2) is 29.1 Å². The Labute approximate surface area is 121 Å². The lowest BCUT2D eigenvalue weighted by Gasteiger charge is -2.13. The van der Waals surface area contributed by atoms with Gasteiger partial charge in [-0.2, -0.15) is 0 Å². The molecule has 0 N–H and O–H groups in total. The largest absolute Gasteiger partial charge is 0.336 e. The number of hydrogen-bond acceptors (Lipinski definition) is 3. The van der Waals surface area contributed by atoms with E-state index in [1.165, 1.54) is 4.90 Å². The highest BCUT2D eigenvalue weighted by molar-refractivity contribution is 6.21.